The molecule has 3 heteroatoms. The standard InChI is InChI=1S/C16H31NO2/c1-13(2)14-6-8-16(12-17,9-7-14)19-11-15-5-3-4-10-18-15/h13-15H,3-12,17H2,1-2H3. The molecule has 1 aliphatic carbocycles. The van der Waals surface area contributed by atoms with Gasteiger partial charge in [0.25, 0.3) is 0 Å². The van der Waals surface area contributed by atoms with Crippen molar-refractivity contribution in [3.63, 3.8) is 0 Å². The van der Waals surface area contributed by atoms with Crippen molar-refractivity contribution in [1.29, 1.82) is 0 Å². The van der Waals surface area contributed by atoms with E-state index in [9.17, 15) is 0 Å². The minimum atomic E-state index is -0.0633. The van der Waals surface area contributed by atoms with E-state index in [-0.39, 0.29) is 5.60 Å². The van der Waals surface area contributed by atoms with Crippen LogP contribution in [0, 0.1) is 11.8 Å². The Morgan fingerprint density at radius 3 is 2.47 bits per heavy atom. The molecule has 0 amide bonds. The van der Waals surface area contributed by atoms with Crippen LogP contribution in [0.15, 0.2) is 0 Å². The largest absolute Gasteiger partial charge is 0.376 e. The number of nitrogens with two attached hydrogens (primary N) is 1. The predicted octanol–water partition coefficient (Wildman–Crippen LogP) is 3.12. The average Bonchev–Trinajstić information content (AvgIpc) is 2.46. The fraction of sp³-hybridized carbons (Fsp3) is 1.00. The van der Waals surface area contributed by atoms with Crippen LogP contribution >= 0.6 is 0 Å². The van der Waals surface area contributed by atoms with Crippen LogP contribution in [0.2, 0.25) is 0 Å². The minimum absolute atomic E-state index is 0.0633. The molecule has 3 nitrogen and oxygen atoms in total. The first-order valence-electron chi connectivity index (χ1n) is 8.11. The number of rotatable bonds is 5. The number of ether oxygens (including phenoxy) is 2. The molecule has 0 aromatic carbocycles. The van der Waals surface area contributed by atoms with E-state index in [2.05, 4.69) is 13.8 Å². The van der Waals surface area contributed by atoms with E-state index in [1.54, 1.807) is 0 Å². The average molecular weight is 269 g/mol. The van der Waals surface area contributed by atoms with E-state index in [0.29, 0.717) is 12.6 Å². The fourth-order valence-corrected chi connectivity index (χ4v) is 3.45. The highest BCUT2D eigenvalue weighted by molar-refractivity contribution is 4.89. The predicted molar refractivity (Wildman–Crippen MR) is 78.1 cm³/mol. The van der Waals surface area contributed by atoms with Crippen LogP contribution in [0.5, 0.6) is 0 Å². The summed E-state index contributed by atoms with van der Waals surface area (Å²) in [6.45, 7) is 6.96. The molecule has 1 saturated heterocycles. The summed E-state index contributed by atoms with van der Waals surface area (Å²) in [6, 6.07) is 0. The van der Waals surface area contributed by atoms with Crippen molar-refractivity contribution in [1.82, 2.24) is 0 Å². The Labute approximate surface area is 118 Å². The van der Waals surface area contributed by atoms with Gasteiger partial charge in [-0.05, 0) is 56.8 Å². The van der Waals surface area contributed by atoms with Crippen molar-refractivity contribution in [3.8, 4) is 0 Å². The number of hydrogen-bond acceptors (Lipinski definition) is 3. The van der Waals surface area contributed by atoms with Crippen molar-refractivity contribution >= 4 is 0 Å². The van der Waals surface area contributed by atoms with Crippen LogP contribution in [0.4, 0.5) is 0 Å². The second-order valence-corrected chi connectivity index (χ2v) is 6.77. The Morgan fingerprint density at radius 2 is 1.95 bits per heavy atom. The van der Waals surface area contributed by atoms with Crippen LogP contribution in [-0.4, -0.2) is 31.5 Å². The summed E-state index contributed by atoms with van der Waals surface area (Å²) in [6.07, 6.45) is 8.71. The lowest BCUT2D eigenvalue weighted by molar-refractivity contribution is -0.122. The van der Waals surface area contributed by atoms with Crippen LogP contribution in [-0.2, 0) is 9.47 Å². The molecule has 2 rings (SSSR count). The molecule has 2 N–H and O–H groups in total. The van der Waals surface area contributed by atoms with Crippen molar-refractivity contribution in [3.05, 3.63) is 0 Å². The summed E-state index contributed by atoms with van der Waals surface area (Å²) >= 11 is 0. The zero-order chi connectivity index (χ0) is 13.7. The molecule has 0 radical (unpaired) electrons. The summed E-state index contributed by atoms with van der Waals surface area (Å²) in [7, 11) is 0. The van der Waals surface area contributed by atoms with Crippen LogP contribution in [0.3, 0.4) is 0 Å². The highest BCUT2D eigenvalue weighted by atomic mass is 16.5. The van der Waals surface area contributed by atoms with E-state index in [0.717, 1.165) is 44.3 Å². The molecular formula is C16H31NO2. The van der Waals surface area contributed by atoms with E-state index < -0.39 is 0 Å². The third-order valence-corrected chi connectivity index (χ3v) is 5.11. The molecule has 1 aliphatic heterocycles. The Kier molecular flexibility index (Phi) is 5.67. The Hall–Kier alpha value is -0.120. The van der Waals surface area contributed by atoms with Crippen molar-refractivity contribution in [2.75, 3.05) is 19.8 Å². The molecule has 0 aromatic heterocycles. The molecule has 0 aromatic rings. The van der Waals surface area contributed by atoms with Gasteiger partial charge in [-0.15, -0.1) is 0 Å². The van der Waals surface area contributed by atoms with Crippen LogP contribution in [0.25, 0.3) is 0 Å². The zero-order valence-electron chi connectivity index (χ0n) is 12.7. The van der Waals surface area contributed by atoms with Gasteiger partial charge in [0, 0.05) is 13.2 Å². The first kappa shape index (κ1) is 15.3. The smallest absolute Gasteiger partial charge is 0.0808 e. The molecule has 2 aliphatic rings. The molecule has 1 saturated carbocycles. The molecule has 0 spiro atoms. The SMILES string of the molecule is CC(C)C1CCC(CN)(OCC2CCCCO2)CC1. The van der Waals surface area contributed by atoms with Crippen molar-refractivity contribution < 1.29 is 9.47 Å². The third kappa shape index (κ3) is 4.17. The third-order valence-electron chi connectivity index (χ3n) is 5.11. The fourth-order valence-electron chi connectivity index (χ4n) is 3.45. The summed E-state index contributed by atoms with van der Waals surface area (Å²) in [5.41, 5.74) is 5.95. The quantitative estimate of drug-likeness (QED) is 0.834. The van der Waals surface area contributed by atoms with E-state index in [4.69, 9.17) is 15.2 Å². The molecule has 112 valence electrons. The lowest BCUT2D eigenvalue weighted by atomic mass is 9.74. The molecular weight excluding hydrogens is 238 g/mol. The Morgan fingerprint density at radius 1 is 1.21 bits per heavy atom. The summed E-state index contributed by atoms with van der Waals surface area (Å²) in [5.74, 6) is 1.65. The highest BCUT2D eigenvalue weighted by Crippen LogP contribution is 2.37. The Balaban J connectivity index is 1.79. The summed E-state index contributed by atoms with van der Waals surface area (Å²) in [5, 5.41) is 0. The van der Waals surface area contributed by atoms with Gasteiger partial charge in [-0.3, -0.25) is 0 Å². The van der Waals surface area contributed by atoms with Gasteiger partial charge in [-0.1, -0.05) is 13.8 Å². The normalized spacial score (nSPS) is 36.6. The van der Waals surface area contributed by atoms with E-state index in [1.165, 1.54) is 25.7 Å². The molecule has 1 heterocycles. The van der Waals surface area contributed by atoms with Crippen LogP contribution < -0.4 is 5.73 Å². The maximum atomic E-state index is 6.24. The van der Waals surface area contributed by atoms with Crippen molar-refractivity contribution in [2.24, 2.45) is 17.6 Å². The highest BCUT2D eigenvalue weighted by Gasteiger charge is 2.36. The second kappa shape index (κ2) is 7.05. The van der Waals surface area contributed by atoms with Gasteiger partial charge < -0.3 is 15.2 Å². The zero-order valence-corrected chi connectivity index (χ0v) is 12.7. The monoisotopic (exact) mass is 269 g/mol. The second-order valence-electron chi connectivity index (χ2n) is 6.77. The van der Waals surface area contributed by atoms with Gasteiger partial charge in [-0.2, -0.15) is 0 Å². The molecule has 0 bridgehead atoms. The van der Waals surface area contributed by atoms with E-state index >= 15 is 0 Å². The maximum Gasteiger partial charge on any atom is 0.0808 e. The minimum Gasteiger partial charge on any atom is -0.376 e. The first-order chi connectivity index (χ1) is 9.15. The molecule has 2 fully saturated rings. The number of hydrogen-bond donors (Lipinski definition) is 1. The lowest BCUT2D eigenvalue weighted by Gasteiger charge is -2.41. The topological polar surface area (TPSA) is 44.5 Å². The van der Waals surface area contributed by atoms with Gasteiger partial charge in [-0.25, -0.2) is 0 Å². The van der Waals surface area contributed by atoms with Crippen molar-refractivity contribution in [2.45, 2.75) is 70.5 Å². The maximum absolute atomic E-state index is 6.24. The summed E-state index contributed by atoms with van der Waals surface area (Å²) < 4.78 is 12.0. The van der Waals surface area contributed by atoms with Gasteiger partial charge >= 0.3 is 0 Å². The van der Waals surface area contributed by atoms with Gasteiger partial charge in [0.15, 0.2) is 0 Å². The van der Waals surface area contributed by atoms with Gasteiger partial charge in [0.05, 0.1) is 18.3 Å². The molecule has 19 heavy (non-hydrogen) atoms. The Bertz CT molecular complexity index is 253. The molecule has 1 atom stereocenters. The van der Waals surface area contributed by atoms with Crippen LogP contribution in [0.1, 0.15) is 58.8 Å². The van der Waals surface area contributed by atoms with Gasteiger partial charge in [0.1, 0.15) is 0 Å². The molecule has 1 unspecified atom stereocenters. The first-order valence-corrected chi connectivity index (χ1v) is 8.11. The van der Waals surface area contributed by atoms with E-state index in [1.807, 2.05) is 0 Å². The lowest BCUT2D eigenvalue weighted by Crippen LogP contribution is -2.46. The summed E-state index contributed by atoms with van der Waals surface area (Å²) in [4.78, 5) is 0. The van der Waals surface area contributed by atoms with Gasteiger partial charge in [0.2, 0.25) is 0 Å².